The molecule has 1 fully saturated rings. The first kappa shape index (κ1) is 14.4. The minimum Gasteiger partial charge on any atom is -0.329 e. The molecule has 2 rings (SSSR count). The van der Waals surface area contributed by atoms with Gasteiger partial charge in [0.1, 0.15) is 0 Å². The largest absolute Gasteiger partial charge is 0.329 e. The standard InChI is InChI=1S/C15H26N4/c1-12-5-6-17-10-13(12)14(9-16)19-8-7-18(4)15(2,3)11-19/h5-6,10,14H,7-9,11,16H2,1-4H3. The van der Waals surface area contributed by atoms with E-state index in [9.17, 15) is 0 Å². The molecule has 4 nitrogen and oxygen atoms in total. The van der Waals surface area contributed by atoms with E-state index in [1.54, 1.807) is 0 Å². The van der Waals surface area contributed by atoms with Crippen molar-refractivity contribution in [1.29, 1.82) is 0 Å². The van der Waals surface area contributed by atoms with Crippen LogP contribution in [0, 0.1) is 6.92 Å². The number of aromatic nitrogens is 1. The lowest BCUT2D eigenvalue weighted by molar-refractivity contribution is 0.0178. The molecule has 1 aliphatic rings. The molecule has 19 heavy (non-hydrogen) atoms. The van der Waals surface area contributed by atoms with Gasteiger partial charge in [0.05, 0.1) is 0 Å². The molecule has 1 unspecified atom stereocenters. The van der Waals surface area contributed by atoms with Gasteiger partial charge in [0, 0.05) is 50.2 Å². The van der Waals surface area contributed by atoms with Crippen LogP contribution < -0.4 is 5.73 Å². The second-order valence-electron chi connectivity index (χ2n) is 6.19. The Labute approximate surface area is 116 Å². The molecule has 0 aliphatic carbocycles. The van der Waals surface area contributed by atoms with Crippen molar-refractivity contribution >= 4 is 0 Å². The number of aryl methyl sites for hydroxylation is 1. The molecule has 106 valence electrons. The molecule has 0 bridgehead atoms. The summed E-state index contributed by atoms with van der Waals surface area (Å²) in [7, 11) is 2.20. The molecule has 4 heteroatoms. The monoisotopic (exact) mass is 262 g/mol. The zero-order chi connectivity index (χ0) is 14.0. The number of likely N-dealkylation sites (N-methyl/N-ethyl adjacent to an activating group) is 1. The highest BCUT2D eigenvalue weighted by molar-refractivity contribution is 5.25. The second-order valence-corrected chi connectivity index (χ2v) is 6.19. The van der Waals surface area contributed by atoms with Crippen LogP contribution in [0.25, 0.3) is 0 Å². The summed E-state index contributed by atoms with van der Waals surface area (Å²) in [6, 6.07) is 2.35. The minimum absolute atomic E-state index is 0.196. The molecule has 2 heterocycles. The molecule has 1 saturated heterocycles. The van der Waals surface area contributed by atoms with Crippen molar-refractivity contribution < 1.29 is 0 Å². The van der Waals surface area contributed by atoms with Crippen molar-refractivity contribution in [3.8, 4) is 0 Å². The van der Waals surface area contributed by atoms with E-state index in [0.717, 1.165) is 19.6 Å². The van der Waals surface area contributed by atoms with Crippen LogP contribution >= 0.6 is 0 Å². The predicted octanol–water partition coefficient (Wildman–Crippen LogP) is 1.42. The zero-order valence-corrected chi connectivity index (χ0v) is 12.6. The predicted molar refractivity (Wildman–Crippen MR) is 79.1 cm³/mol. The highest BCUT2D eigenvalue weighted by Crippen LogP contribution is 2.28. The van der Waals surface area contributed by atoms with E-state index in [2.05, 4.69) is 48.7 Å². The van der Waals surface area contributed by atoms with Gasteiger partial charge in [-0.25, -0.2) is 0 Å². The van der Waals surface area contributed by atoms with Crippen LogP contribution in [0.4, 0.5) is 0 Å². The molecule has 1 aliphatic heterocycles. The van der Waals surface area contributed by atoms with Crippen molar-refractivity contribution in [1.82, 2.24) is 14.8 Å². The van der Waals surface area contributed by atoms with E-state index in [1.807, 2.05) is 12.4 Å². The van der Waals surface area contributed by atoms with E-state index < -0.39 is 0 Å². The highest BCUT2D eigenvalue weighted by atomic mass is 15.3. The van der Waals surface area contributed by atoms with E-state index in [1.165, 1.54) is 11.1 Å². The Morgan fingerprint density at radius 1 is 1.42 bits per heavy atom. The lowest BCUT2D eigenvalue weighted by Gasteiger charge is -2.48. The molecule has 0 saturated carbocycles. The summed E-state index contributed by atoms with van der Waals surface area (Å²) in [6.45, 7) is 10.6. The van der Waals surface area contributed by atoms with Gasteiger partial charge in [-0.3, -0.25) is 14.8 Å². The van der Waals surface area contributed by atoms with Gasteiger partial charge in [-0.05, 0) is 45.0 Å². The van der Waals surface area contributed by atoms with Crippen molar-refractivity contribution in [2.45, 2.75) is 32.4 Å². The average Bonchev–Trinajstić information content (AvgIpc) is 2.36. The molecule has 1 aromatic heterocycles. The van der Waals surface area contributed by atoms with Crippen molar-refractivity contribution in [3.05, 3.63) is 29.6 Å². The molecule has 0 amide bonds. The number of nitrogens with two attached hydrogens (primary N) is 1. The number of rotatable bonds is 3. The van der Waals surface area contributed by atoms with Crippen molar-refractivity contribution in [3.63, 3.8) is 0 Å². The Morgan fingerprint density at radius 3 is 2.74 bits per heavy atom. The summed E-state index contributed by atoms with van der Waals surface area (Å²) < 4.78 is 0. The van der Waals surface area contributed by atoms with Crippen molar-refractivity contribution in [2.24, 2.45) is 5.73 Å². The number of hydrogen-bond donors (Lipinski definition) is 1. The van der Waals surface area contributed by atoms with Gasteiger partial charge >= 0.3 is 0 Å². The van der Waals surface area contributed by atoms with E-state index in [0.29, 0.717) is 6.54 Å². The van der Waals surface area contributed by atoms with Gasteiger partial charge < -0.3 is 5.73 Å². The van der Waals surface area contributed by atoms with Crippen LogP contribution in [0.1, 0.15) is 31.0 Å². The third-order valence-corrected chi connectivity index (χ3v) is 4.45. The van der Waals surface area contributed by atoms with Crippen molar-refractivity contribution in [2.75, 3.05) is 33.2 Å². The summed E-state index contributed by atoms with van der Waals surface area (Å²) in [6.07, 6.45) is 3.82. The van der Waals surface area contributed by atoms with Crippen LogP contribution in [-0.2, 0) is 0 Å². The van der Waals surface area contributed by atoms with E-state index >= 15 is 0 Å². The van der Waals surface area contributed by atoms with Gasteiger partial charge in [-0.15, -0.1) is 0 Å². The third-order valence-electron chi connectivity index (χ3n) is 4.45. The molecule has 1 aromatic rings. The second kappa shape index (κ2) is 5.57. The van der Waals surface area contributed by atoms with Gasteiger partial charge in [-0.2, -0.15) is 0 Å². The maximum atomic E-state index is 6.04. The number of nitrogens with zero attached hydrogens (tertiary/aromatic N) is 3. The van der Waals surface area contributed by atoms with Gasteiger partial charge in [0.25, 0.3) is 0 Å². The fourth-order valence-electron chi connectivity index (χ4n) is 2.84. The molecule has 2 N–H and O–H groups in total. The first-order valence-electron chi connectivity index (χ1n) is 7.01. The van der Waals surface area contributed by atoms with Gasteiger partial charge in [0.2, 0.25) is 0 Å². The maximum absolute atomic E-state index is 6.04. The lowest BCUT2D eigenvalue weighted by Crippen LogP contribution is -2.58. The first-order chi connectivity index (χ1) is 8.95. The Balaban J connectivity index is 2.22. The summed E-state index contributed by atoms with van der Waals surface area (Å²) in [4.78, 5) is 9.20. The average molecular weight is 262 g/mol. The highest BCUT2D eigenvalue weighted by Gasteiger charge is 2.34. The summed E-state index contributed by atoms with van der Waals surface area (Å²) in [5.74, 6) is 0. The number of hydrogen-bond acceptors (Lipinski definition) is 4. The SMILES string of the molecule is Cc1ccncc1C(CN)N1CCN(C)C(C)(C)C1. The Morgan fingerprint density at radius 2 is 2.16 bits per heavy atom. The molecular formula is C15H26N4. The zero-order valence-electron chi connectivity index (χ0n) is 12.6. The summed E-state index contributed by atoms with van der Waals surface area (Å²) >= 11 is 0. The molecule has 0 radical (unpaired) electrons. The lowest BCUT2D eigenvalue weighted by atomic mass is 9.95. The number of piperazine rings is 1. The quantitative estimate of drug-likeness (QED) is 0.895. The summed E-state index contributed by atoms with van der Waals surface area (Å²) in [5, 5.41) is 0. The fourth-order valence-corrected chi connectivity index (χ4v) is 2.84. The first-order valence-corrected chi connectivity index (χ1v) is 7.01. The molecule has 0 aromatic carbocycles. The Bertz CT molecular complexity index is 430. The van der Waals surface area contributed by atoms with Gasteiger partial charge in [-0.1, -0.05) is 0 Å². The van der Waals surface area contributed by atoms with Crippen LogP contribution in [0.2, 0.25) is 0 Å². The smallest absolute Gasteiger partial charge is 0.0489 e. The van der Waals surface area contributed by atoms with Crippen LogP contribution in [0.5, 0.6) is 0 Å². The number of pyridine rings is 1. The molecule has 0 spiro atoms. The van der Waals surface area contributed by atoms with Gasteiger partial charge in [0.15, 0.2) is 0 Å². The minimum atomic E-state index is 0.196. The van der Waals surface area contributed by atoms with Crippen LogP contribution in [0.15, 0.2) is 18.5 Å². The van der Waals surface area contributed by atoms with Crippen LogP contribution in [-0.4, -0.2) is 53.5 Å². The molecular weight excluding hydrogens is 236 g/mol. The maximum Gasteiger partial charge on any atom is 0.0489 e. The van der Waals surface area contributed by atoms with E-state index in [-0.39, 0.29) is 11.6 Å². The molecule has 1 atom stereocenters. The Hall–Kier alpha value is -0.970. The third kappa shape index (κ3) is 2.96. The van der Waals surface area contributed by atoms with E-state index in [4.69, 9.17) is 5.73 Å². The fraction of sp³-hybridized carbons (Fsp3) is 0.667. The Kier molecular flexibility index (Phi) is 4.23. The normalized spacial score (nSPS) is 22.4. The topological polar surface area (TPSA) is 45.4 Å². The summed E-state index contributed by atoms with van der Waals surface area (Å²) in [5.41, 5.74) is 8.79. The van der Waals surface area contributed by atoms with Crippen LogP contribution in [0.3, 0.4) is 0 Å².